The molecule has 0 bridgehead atoms. The Bertz CT molecular complexity index is 469. The minimum absolute atomic E-state index is 0.487. The van der Waals surface area contributed by atoms with E-state index in [0.717, 1.165) is 23.6 Å². The maximum atomic E-state index is 9.94. The summed E-state index contributed by atoms with van der Waals surface area (Å²) < 4.78 is 0. The molecule has 18 heavy (non-hydrogen) atoms. The zero-order valence-corrected chi connectivity index (χ0v) is 11.8. The maximum absolute atomic E-state index is 9.94. The normalized spacial score (nSPS) is 11.2. The molecule has 0 aromatic carbocycles. The lowest BCUT2D eigenvalue weighted by Gasteiger charge is -2.31. The SMILES string of the molecule is CCN(CC(C)(C)O)c1cc(C)nc(C)c1C#N. The van der Waals surface area contributed by atoms with Crippen LogP contribution in [0.2, 0.25) is 0 Å². The van der Waals surface area contributed by atoms with E-state index in [-0.39, 0.29) is 0 Å². The van der Waals surface area contributed by atoms with Crippen molar-refractivity contribution in [3.63, 3.8) is 0 Å². The largest absolute Gasteiger partial charge is 0.389 e. The van der Waals surface area contributed by atoms with Gasteiger partial charge in [-0.2, -0.15) is 5.26 Å². The van der Waals surface area contributed by atoms with Gasteiger partial charge in [-0.15, -0.1) is 0 Å². The number of nitriles is 1. The van der Waals surface area contributed by atoms with E-state index in [4.69, 9.17) is 0 Å². The minimum atomic E-state index is -0.798. The van der Waals surface area contributed by atoms with Gasteiger partial charge in [-0.25, -0.2) is 0 Å². The summed E-state index contributed by atoms with van der Waals surface area (Å²) in [6.07, 6.45) is 0. The van der Waals surface area contributed by atoms with Gasteiger partial charge in [-0.3, -0.25) is 4.98 Å². The number of nitrogens with zero attached hydrogens (tertiary/aromatic N) is 3. The van der Waals surface area contributed by atoms with Gasteiger partial charge < -0.3 is 10.0 Å². The zero-order chi connectivity index (χ0) is 13.9. The number of hydrogen-bond donors (Lipinski definition) is 1. The quantitative estimate of drug-likeness (QED) is 0.885. The number of rotatable bonds is 4. The highest BCUT2D eigenvalue weighted by atomic mass is 16.3. The van der Waals surface area contributed by atoms with Crippen LogP contribution in [0.1, 0.15) is 37.7 Å². The van der Waals surface area contributed by atoms with E-state index in [2.05, 4.69) is 11.1 Å². The van der Waals surface area contributed by atoms with Gasteiger partial charge in [0.15, 0.2) is 0 Å². The first kappa shape index (κ1) is 14.5. The predicted octanol–water partition coefficient (Wildman–Crippen LogP) is 2.17. The first-order valence-corrected chi connectivity index (χ1v) is 6.14. The number of likely N-dealkylation sites (N-methyl/N-ethyl adjacent to an activating group) is 1. The number of aliphatic hydroxyl groups is 1. The van der Waals surface area contributed by atoms with Crippen LogP contribution in [-0.4, -0.2) is 28.8 Å². The summed E-state index contributed by atoms with van der Waals surface area (Å²) in [7, 11) is 0. The van der Waals surface area contributed by atoms with Crippen LogP contribution in [-0.2, 0) is 0 Å². The van der Waals surface area contributed by atoms with Crippen molar-refractivity contribution in [2.24, 2.45) is 0 Å². The zero-order valence-electron chi connectivity index (χ0n) is 11.8. The molecule has 1 aromatic rings. The Hall–Kier alpha value is -1.60. The number of aromatic nitrogens is 1. The lowest BCUT2D eigenvalue weighted by molar-refractivity contribution is 0.0875. The molecule has 0 aliphatic heterocycles. The van der Waals surface area contributed by atoms with Crippen molar-refractivity contribution in [2.45, 2.75) is 40.2 Å². The van der Waals surface area contributed by atoms with E-state index in [1.807, 2.05) is 31.7 Å². The summed E-state index contributed by atoms with van der Waals surface area (Å²) in [5, 5.41) is 19.2. The highest BCUT2D eigenvalue weighted by molar-refractivity contribution is 5.61. The van der Waals surface area contributed by atoms with Crippen LogP contribution in [0.4, 0.5) is 5.69 Å². The Morgan fingerprint density at radius 2 is 2.06 bits per heavy atom. The average molecular weight is 247 g/mol. The van der Waals surface area contributed by atoms with Crippen molar-refractivity contribution < 1.29 is 5.11 Å². The molecule has 0 saturated carbocycles. The molecular weight excluding hydrogens is 226 g/mol. The van der Waals surface area contributed by atoms with Crippen LogP contribution in [0, 0.1) is 25.2 Å². The Labute approximate surface area is 109 Å². The third-order valence-corrected chi connectivity index (χ3v) is 2.72. The van der Waals surface area contributed by atoms with Crippen molar-refractivity contribution in [1.82, 2.24) is 4.98 Å². The van der Waals surface area contributed by atoms with Crippen molar-refractivity contribution >= 4 is 5.69 Å². The number of hydrogen-bond acceptors (Lipinski definition) is 4. The van der Waals surface area contributed by atoms with Gasteiger partial charge in [0.05, 0.1) is 22.5 Å². The molecule has 0 saturated heterocycles. The third kappa shape index (κ3) is 3.44. The molecule has 0 spiro atoms. The molecule has 0 amide bonds. The summed E-state index contributed by atoms with van der Waals surface area (Å²) >= 11 is 0. The summed E-state index contributed by atoms with van der Waals surface area (Å²) in [5.41, 5.74) is 2.27. The molecule has 4 heteroatoms. The third-order valence-electron chi connectivity index (χ3n) is 2.72. The van der Waals surface area contributed by atoms with Crippen molar-refractivity contribution in [3.05, 3.63) is 23.0 Å². The molecule has 1 aromatic heterocycles. The Balaban J connectivity index is 3.25. The maximum Gasteiger partial charge on any atom is 0.103 e. The van der Waals surface area contributed by atoms with Crippen LogP contribution in [0.5, 0.6) is 0 Å². The summed E-state index contributed by atoms with van der Waals surface area (Å²) in [6, 6.07) is 4.11. The molecule has 0 radical (unpaired) electrons. The second-order valence-corrected chi connectivity index (χ2v) is 5.18. The molecule has 0 aliphatic rings. The molecule has 98 valence electrons. The number of aryl methyl sites for hydroxylation is 2. The van der Waals surface area contributed by atoms with Gasteiger partial charge in [0, 0.05) is 18.8 Å². The molecule has 0 aliphatic carbocycles. The monoisotopic (exact) mass is 247 g/mol. The van der Waals surface area contributed by atoms with Crippen LogP contribution in [0.3, 0.4) is 0 Å². The van der Waals surface area contributed by atoms with E-state index >= 15 is 0 Å². The smallest absolute Gasteiger partial charge is 0.103 e. The van der Waals surface area contributed by atoms with Crippen LogP contribution in [0.15, 0.2) is 6.07 Å². The molecule has 0 fully saturated rings. The van der Waals surface area contributed by atoms with E-state index < -0.39 is 5.60 Å². The molecule has 4 nitrogen and oxygen atoms in total. The van der Waals surface area contributed by atoms with Crippen molar-refractivity contribution in [2.75, 3.05) is 18.0 Å². The average Bonchev–Trinajstić information content (AvgIpc) is 2.23. The molecule has 0 unspecified atom stereocenters. The van der Waals surface area contributed by atoms with Crippen LogP contribution < -0.4 is 4.90 Å². The van der Waals surface area contributed by atoms with Crippen molar-refractivity contribution in [1.29, 1.82) is 5.26 Å². The summed E-state index contributed by atoms with van der Waals surface area (Å²) in [4.78, 5) is 6.32. The Kier molecular flexibility index (Phi) is 4.31. The van der Waals surface area contributed by atoms with E-state index in [9.17, 15) is 10.4 Å². The number of anilines is 1. The fourth-order valence-electron chi connectivity index (χ4n) is 2.03. The second kappa shape index (κ2) is 5.36. The van der Waals surface area contributed by atoms with Gasteiger partial charge in [-0.1, -0.05) is 0 Å². The van der Waals surface area contributed by atoms with Gasteiger partial charge in [0.1, 0.15) is 6.07 Å². The first-order chi connectivity index (χ1) is 8.28. The van der Waals surface area contributed by atoms with E-state index in [1.165, 1.54) is 0 Å². The Morgan fingerprint density at radius 1 is 1.44 bits per heavy atom. The van der Waals surface area contributed by atoms with E-state index in [0.29, 0.717) is 12.1 Å². The van der Waals surface area contributed by atoms with Gasteiger partial charge in [0.25, 0.3) is 0 Å². The topological polar surface area (TPSA) is 60.1 Å². The summed E-state index contributed by atoms with van der Waals surface area (Å²) in [6.45, 7) is 10.5. The Morgan fingerprint density at radius 3 is 2.50 bits per heavy atom. The lowest BCUT2D eigenvalue weighted by Crippen LogP contribution is -2.39. The first-order valence-electron chi connectivity index (χ1n) is 6.14. The molecule has 1 rings (SSSR count). The standard InChI is InChI=1S/C14H21N3O/c1-6-17(9-14(4,5)18)13-7-10(2)16-11(3)12(13)8-15/h7,18H,6,9H2,1-5H3. The number of pyridine rings is 1. The predicted molar refractivity (Wildman–Crippen MR) is 72.6 cm³/mol. The van der Waals surface area contributed by atoms with Crippen LogP contribution in [0.25, 0.3) is 0 Å². The highest BCUT2D eigenvalue weighted by Gasteiger charge is 2.20. The minimum Gasteiger partial charge on any atom is -0.389 e. The molecule has 1 N–H and O–H groups in total. The van der Waals surface area contributed by atoms with Gasteiger partial charge >= 0.3 is 0 Å². The van der Waals surface area contributed by atoms with Gasteiger partial charge in [-0.05, 0) is 40.7 Å². The second-order valence-electron chi connectivity index (χ2n) is 5.18. The van der Waals surface area contributed by atoms with E-state index in [1.54, 1.807) is 13.8 Å². The van der Waals surface area contributed by atoms with Crippen molar-refractivity contribution in [3.8, 4) is 6.07 Å². The fraction of sp³-hybridized carbons (Fsp3) is 0.571. The van der Waals surface area contributed by atoms with Crippen LogP contribution >= 0.6 is 0 Å². The molecule has 0 atom stereocenters. The fourth-order valence-corrected chi connectivity index (χ4v) is 2.03. The molecular formula is C14H21N3O. The lowest BCUT2D eigenvalue weighted by atomic mass is 10.1. The highest BCUT2D eigenvalue weighted by Crippen LogP contribution is 2.24. The molecule has 1 heterocycles. The summed E-state index contributed by atoms with van der Waals surface area (Å²) in [5.74, 6) is 0. The van der Waals surface area contributed by atoms with Gasteiger partial charge in [0.2, 0.25) is 0 Å².